The van der Waals surface area contributed by atoms with Crippen molar-refractivity contribution in [3.63, 3.8) is 0 Å². The lowest BCUT2D eigenvalue weighted by Gasteiger charge is -2.32. The molecule has 3 aromatic rings. The van der Waals surface area contributed by atoms with Crippen molar-refractivity contribution in [2.45, 2.75) is 18.4 Å². The second-order valence-corrected chi connectivity index (χ2v) is 9.44. The van der Waals surface area contributed by atoms with Crippen LogP contribution in [0.25, 0.3) is 5.57 Å². The van der Waals surface area contributed by atoms with Gasteiger partial charge in [0.1, 0.15) is 5.82 Å². The molecule has 1 aliphatic rings. The molecule has 33 heavy (non-hydrogen) atoms. The number of benzene rings is 3. The topological polar surface area (TPSA) is 77.8 Å². The van der Waals surface area contributed by atoms with Gasteiger partial charge in [0.2, 0.25) is 0 Å². The number of aliphatic hydroxyl groups excluding tert-OH is 1. The van der Waals surface area contributed by atoms with Crippen LogP contribution in [0.5, 0.6) is 0 Å². The average molecular weight is 470 g/mol. The van der Waals surface area contributed by atoms with E-state index in [2.05, 4.69) is 23.1 Å². The van der Waals surface area contributed by atoms with Gasteiger partial charge < -0.3 is 5.11 Å². The zero-order valence-corrected chi connectivity index (χ0v) is 19.2. The van der Waals surface area contributed by atoms with Gasteiger partial charge >= 0.3 is 0 Å². The van der Waals surface area contributed by atoms with Crippen LogP contribution in [0.1, 0.15) is 16.7 Å². The Morgan fingerprint density at radius 2 is 1.61 bits per heavy atom. The lowest BCUT2D eigenvalue weighted by molar-refractivity contribution is 0.189. The van der Waals surface area contributed by atoms with Gasteiger partial charge in [-0.05, 0) is 47.9 Å². The summed E-state index contributed by atoms with van der Waals surface area (Å²) in [6, 6.07) is 22.9. The maximum Gasteiger partial charge on any atom is 0.294 e. The van der Waals surface area contributed by atoms with Crippen molar-refractivity contribution in [1.82, 2.24) is 4.90 Å². The Balaban J connectivity index is 0.000000235. The third-order valence-electron chi connectivity index (χ3n) is 5.45. The molecule has 0 bridgehead atoms. The maximum absolute atomic E-state index is 13.1. The Morgan fingerprint density at radius 3 is 2.18 bits per heavy atom. The first-order valence-corrected chi connectivity index (χ1v) is 12.1. The molecule has 2 N–H and O–H groups in total. The molecule has 0 saturated carbocycles. The van der Waals surface area contributed by atoms with Crippen molar-refractivity contribution in [2.24, 2.45) is 5.92 Å². The molecule has 174 valence electrons. The molecule has 3 aromatic carbocycles. The summed E-state index contributed by atoms with van der Waals surface area (Å²) in [4.78, 5) is 2.26. The minimum atomic E-state index is -4.02. The number of nitrogens with zero attached hydrogens (tertiary/aromatic N) is 1. The molecule has 1 unspecified atom stereocenters. The second-order valence-electron chi connectivity index (χ2n) is 8.01. The highest BCUT2D eigenvalue weighted by atomic mass is 32.2. The predicted molar refractivity (Wildman–Crippen MR) is 128 cm³/mol. The maximum atomic E-state index is 13.1. The summed E-state index contributed by atoms with van der Waals surface area (Å²) in [5.41, 5.74) is 4.35. The molecule has 0 saturated heterocycles. The van der Waals surface area contributed by atoms with Crippen molar-refractivity contribution in [2.75, 3.05) is 19.7 Å². The van der Waals surface area contributed by atoms with Crippen molar-refractivity contribution in [3.05, 3.63) is 107 Å². The van der Waals surface area contributed by atoms with E-state index in [4.69, 9.17) is 4.55 Å². The zero-order chi connectivity index (χ0) is 23.8. The first-order valence-electron chi connectivity index (χ1n) is 10.6. The molecule has 0 aromatic heterocycles. The minimum absolute atomic E-state index is 0.0666. The average Bonchev–Trinajstić information content (AvgIpc) is 2.80. The molecule has 7 heteroatoms. The number of hydrogen-bond donors (Lipinski definition) is 2. The summed E-state index contributed by atoms with van der Waals surface area (Å²) in [6.07, 6.45) is 2.15. The molecular formula is C26H28FNO4S. The zero-order valence-electron chi connectivity index (χ0n) is 18.4. The standard InChI is InChI=1S/C19H20FNO.C7H8O3S/c20-18-8-6-16(7-9-18)19-10-11-21(13-17(19)14-22)12-15-4-2-1-3-5-15;1-6-2-4-7(5-3-6)11(8,9)10/h1-10,17,22H,11-14H2;2-5H,1H3,(H,8,9,10). The summed E-state index contributed by atoms with van der Waals surface area (Å²) < 4.78 is 42.6. The Kier molecular flexibility index (Phi) is 8.52. The van der Waals surface area contributed by atoms with Crippen molar-refractivity contribution in [1.29, 1.82) is 0 Å². The molecule has 0 aliphatic carbocycles. The van der Waals surface area contributed by atoms with Gasteiger partial charge in [-0.15, -0.1) is 0 Å². The lowest BCUT2D eigenvalue weighted by Crippen LogP contribution is -2.35. The Bertz CT molecular complexity index is 1160. The van der Waals surface area contributed by atoms with Crippen LogP contribution >= 0.6 is 0 Å². The Hall–Kier alpha value is -2.84. The van der Waals surface area contributed by atoms with Crippen LogP contribution in [0.3, 0.4) is 0 Å². The molecule has 0 spiro atoms. The van der Waals surface area contributed by atoms with E-state index in [1.165, 1.54) is 29.8 Å². The summed E-state index contributed by atoms with van der Waals surface area (Å²) >= 11 is 0. The highest BCUT2D eigenvalue weighted by Crippen LogP contribution is 2.28. The molecular weight excluding hydrogens is 441 g/mol. The van der Waals surface area contributed by atoms with E-state index in [0.29, 0.717) is 0 Å². The first-order chi connectivity index (χ1) is 15.8. The van der Waals surface area contributed by atoms with E-state index in [1.54, 1.807) is 24.3 Å². The van der Waals surface area contributed by atoms with E-state index in [1.807, 2.05) is 25.1 Å². The van der Waals surface area contributed by atoms with E-state index in [-0.39, 0.29) is 23.2 Å². The Morgan fingerprint density at radius 1 is 0.970 bits per heavy atom. The fraction of sp³-hybridized carbons (Fsp3) is 0.231. The molecule has 1 aliphatic heterocycles. The minimum Gasteiger partial charge on any atom is -0.396 e. The molecule has 0 radical (unpaired) electrons. The molecule has 4 rings (SSSR count). The van der Waals surface area contributed by atoms with Crippen molar-refractivity contribution in [3.8, 4) is 0 Å². The van der Waals surface area contributed by atoms with E-state index < -0.39 is 10.1 Å². The van der Waals surface area contributed by atoms with Crippen LogP contribution in [-0.2, 0) is 16.7 Å². The third kappa shape index (κ3) is 7.33. The largest absolute Gasteiger partial charge is 0.396 e. The van der Waals surface area contributed by atoms with E-state index >= 15 is 0 Å². The summed E-state index contributed by atoms with van der Waals surface area (Å²) in [7, 11) is -4.02. The monoisotopic (exact) mass is 469 g/mol. The predicted octanol–water partition coefficient (Wildman–Crippen LogP) is 4.58. The molecule has 5 nitrogen and oxygen atoms in total. The summed E-state index contributed by atoms with van der Waals surface area (Å²) in [6.45, 7) is 4.49. The number of halogens is 1. The summed E-state index contributed by atoms with van der Waals surface area (Å²) in [5, 5.41) is 9.72. The van der Waals surface area contributed by atoms with Gasteiger partial charge in [0, 0.05) is 25.6 Å². The smallest absolute Gasteiger partial charge is 0.294 e. The number of aryl methyl sites for hydroxylation is 1. The van der Waals surface area contributed by atoms with Gasteiger partial charge in [0.25, 0.3) is 10.1 Å². The second kappa shape index (κ2) is 11.3. The molecule has 0 amide bonds. The van der Waals surface area contributed by atoms with Gasteiger partial charge in [-0.2, -0.15) is 8.42 Å². The van der Waals surface area contributed by atoms with Crippen LogP contribution in [0.2, 0.25) is 0 Å². The number of aliphatic hydroxyl groups is 1. The quantitative estimate of drug-likeness (QED) is 0.535. The van der Waals surface area contributed by atoms with Gasteiger partial charge in [0.15, 0.2) is 0 Å². The van der Waals surface area contributed by atoms with Crippen molar-refractivity contribution >= 4 is 15.7 Å². The van der Waals surface area contributed by atoms with Gasteiger partial charge in [-0.1, -0.05) is 66.2 Å². The van der Waals surface area contributed by atoms with Crippen LogP contribution in [-0.4, -0.2) is 42.7 Å². The number of hydrogen-bond acceptors (Lipinski definition) is 4. The highest BCUT2D eigenvalue weighted by Gasteiger charge is 2.23. The van der Waals surface area contributed by atoms with Gasteiger partial charge in [0.05, 0.1) is 11.5 Å². The molecule has 1 atom stereocenters. The fourth-order valence-electron chi connectivity index (χ4n) is 3.71. The number of rotatable bonds is 5. The molecule has 1 heterocycles. The first kappa shape index (κ1) is 24.8. The van der Waals surface area contributed by atoms with Crippen LogP contribution < -0.4 is 0 Å². The third-order valence-corrected chi connectivity index (χ3v) is 6.32. The van der Waals surface area contributed by atoms with E-state index in [9.17, 15) is 17.9 Å². The van der Waals surface area contributed by atoms with Crippen LogP contribution in [0, 0.1) is 18.7 Å². The Labute approximate surface area is 194 Å². The summed E-state index contributed by atoms with van der Waals surface area (Å²) in [5.74, 6) is -0.158. The van der Waals surface area contributed by atoms with E-state index in [0.717, 1.165) is 36.3 Å². The van der Waals surface area contributed by atoms with Gasteiger partial charge in [-0.3, -0.25) is 9.45 Å². The molecule has 0 fully saturated rings. The van der Waals surface area contributed by atoms with Crippen molar-refractivity contribution < 1.29 is 22.5 Å². The highest BCUT2D eigenvalue weighted by molar-refractivity contribution is 7.85. The normalized spacial score (nSPS) is 16.5. The fourth-order valence-corrected chi connectivity index (χ4v) is 4.19. The van der Waals surface area contributed by atoms with Gasteiger partial charge in [-0.25, -0.2) is 4.39 Å². The SMILES string of the molecule is Cc1ccc(S(=O)(=O)O)cc1.OCC1CN(Cc2ccccc2)CC=C1c1ccc(F)cc1. The van der Waals surface area contributed by atoms with Crippen LogP contribution in [0.15, 0.2) is 89.8 Å². The lowest BCUT2D eigenvalue weighted by atomic mass is 9.89. The van der Waals surface area contributed by atoms with Crippen LogP contribution in [0.4, 0.5) is 4.39 Å².